The zero-order valence-electron chi connectivity index (χ0n) is 9.80. The van der Waals surface area contributed by atoms with Gasteiger partial charge in [-0.2, -0.15) is 0 Å². The van der Waals surface area contributed by atoms with Crippen LogP contribution in [0.5, 0.6) is 0 Å². The maximum atomic E-state index is 9.13. The van der Waals surface area contributed by atoms with Crippen molar-refractivity contribution in [2.24, 2.45) is 0 Å². The van der Waals surface area contributed by atoms with Gasteiger partial charge in [0, 0.05) is 0 Å². The molecule has 3 heteroatoms. The van der Waals surface area contributed by atoms with Crippen LogP contribution < -0.4 is 0 Å². The lowest BCUT2D eigenvalue weighted by Gasteiger charge is -2.16. The molecule has 92 valence electrons. The second-order valence-corrected chi connectivity index (χ2v) is 4.73. The number of benzene rings is 2. The predicted octanol–water partition coefficient (Wildman–Crippen LogP) is 1.43. The number of hydrogen-bond acceptors (Lipinski definition) is 3. The smallest absolute Gasteiger partial charge is 0.279 e. The highest BCUT2D eigenvalue weighted by atomic mass is 16.7. The van der Waals surface area contributed by atoms with Gasteiger partial charge in [0.25, 0.3) is 5.97 Å². The topological polar surface area (TPSA) is 60.7 Å². The number of rotatable bonds is 2. The first-order valence-corrected chi connectivity index (χ1v) is 5.91. The summed E-state index contributed by atoms with van der Waals surface area (Å²) in [5.41, 5.74) is 5.39. The first kappa shape index (κ1) is 11.4. The van der Waals surface area contributed by atoms with E-state index >= 15 is 0 Å². The molecular weight excluding hydrogens is 228 g/mol. The van der Waals surface area contributed by atoms with E-state index in [4.69, 9.17) is 15.3 Å². The minimum Gasteiger partial charge on any atom is -0.343 e. The van der Waals surface area contributed by atoms with Crippen LogP contribution in [0.15, 0.2) is 42.5 Å². The summed E-state index contributed by atoms with van der Waals surface area (Å²) in [4.78, 5) is 0. The van der Waals surface area contributed by atoms with Crippen molar-refractivity contribution in [1.29, 1.82) is 0 Å². The Balaban J connectivity index is 2.09. The fraction of sp³-hybridized carbons (Fsp3) is 0.200. The summed E-state index contributed by atoms with van der Waals surface area (Å²) in [7, 11) is 0. The van der Waals surface area contributed by atoms with E-state index in [1.807, 2.05) is 30.3 Å². The monoisotopic (exact) mass is 242 g/mol. The Morgan fingerprint density at radius 3 is 2.39 bits per heavy atom. The van der Waals surface area contributed by atoms with Crippen molar-refractivity contribution >= 4 is 0 Å². The predicted molar refractivity (Wildman–Crippen MR) is 67.8 cm³/mol. The maximum Gasteiger partial charge on any atom is 0.279 e. The molecule has 0 saturated carbocycles. The Kier molecular flexibility index (Phi) is 2.48. The summed E-state index contributed by atoms with van der Waals surface area (Å²) in [6.45, 7) is 0. The van der Waals surface area contributed by atoms with Crippen LogP contribution >= 0.6 is 0 Å². The molecule has 0 spiro atoms. The maximum absolute atomic E-state index is 9.13. The Labute approximate surface area is 105 Å². The van der Waals surface area contributed by atoms with Crippen molar-refractivity contribution < 1.29 is 15.3 Å². The van der Waals surface area contributed by atoms with Gasteiger partial charge in [-0.05, 0) is 34.2 Å². The second kappa shape index (κ2) is 3.92. The Morgan fingerprint density at radius 1 is 0.889 bits per heavy atom. The Hall–Kier alpha value is -1.68. The van der Waals surface area contributed by atoms with Crippen molar-refractivity contribution in [3.63, 3.8) is 0 Å². The molecule has 0 atom stereocenters. The van der Waals surface area contributed by atoms with E-state index in [0.717, 1.165) is 23.1 Å². The van der Waals surface area contributed by atoms with E-state index in [9.17, 15) is 0 Å². The third-order valence-corrected chi connectivity index (χ3v) is 3.38. The highest BCUT2D eigenvalue weighted by molar-refractivity contribution is 5.77. The van der Waals surface area contributed by atoms with Gasteiger partial charge in [0.1, 0.15) is 0 Å². The highest BCUT2D eigenvalue weighted by Gasteiger charge is 2.25. The van der Waals surface area contributed by atoms with Crippen LogP contribution in [0.2, 0.25) is 0 Å². The van der Waals surface area contributed by atoms with Crippen molar-refractivity contribution in [2.45, 2.75) is 18.8 Å². The van der Waals surface area contributed by atoms with Gasteiger partial charge in [0.2, 0.25) is 0 Å². The zero-order chi connectivity index (χ0) is 12.8. The van der Waals surface area contributed by atoms with Crippen molar-refractivity contribution in [3.8, 4) is 11.1 Å². The first-order chi connectivity index (χ1) is 8.54. The molecule has 3 nitrogen and oxygen atoms in total. The summed E-state index contributed by atoms with van der Waals surface area (Å²) in [5, 5.41) is 27.4. The SMILES string of the molecule is OC(O)(O)Cc1cccc2c1Cc1ccccc1-2. The van der Waals surface area contributed by atoms with Crippen molar-refractivity contribution in [3.05, 3.63) is 59.2 Å². The van der Waals surface area contributed by atoms with Crippen LogP contribution in [0.25, 0.3) is 11.1 Å². The average Bonchev–Trinajstić information content (AvgIpc) is 2.67. The standard InChI is InChI=1S/C15H14O3/c16-15(17,18)9-11-5-3-7-13-12-6-2-1-4-10(12)8-14(11)13/h1-7,16-18H,8-9H2. The molecule has 1 aliphatic carbocycles. The first-order valence-electron chi connectivity index (χ1n) is 5.91. The van der Waals surface area contributed by atoms with E-state index in [1.165, 1.54) is 11.1 Å². The van der Waals surface area contributed by atoms with Crippen molar-refractivity contribution in [1.82, 2.24) is 0 Å². The van der Waals surface area contributed by atoms with Gasteiger partial charge < -0.3 is 15.3 Å². The van der Waals surface area contributed by atoms with Gasteiger partial charge in [-0.25, -0.2) is 0 Å². The minimum absolute atomic E-state index is 0.176. The second-order valence-electron chi connectivity index (χ2n) is 4.73. The molecule has 0 aliphatic heterocycles. The van der Waals surface area contributed by atoms with Gasteiger partial charge in [-0.1, -0.05) is 42.5 Å². The van der Waals surface area contributed by atoms with Crippen LogP contribution in [0.3, 0.4) is 0 Å². The molecule has 2 aromatic rings. The molecule has 3 N–H and O–H groups in total. The lowest BCUT2D eigenvalue weighted by molar-refractivity contribution is -0.309. The molecule has 0 bridgehead atoms. The minimum atomic E-state index is -2.65. The summed E-state index contributed by atoms with van der Waals surface area (Å²) < 4.78 is 0. The molecule has 0 heterocycles. The third-order valence-electron chi connectivity index (χ3n) is 3.38. The van der Waals surface area contributed by atoms with E-state index in [2.05, 4.69) is 12.1 Å². The quantitative estimate of drug-likeness (QED) is 0.596. The summed E-state index contributed by atoms with van der Waals surface area (Å²) in [5.74, 6) is -2.65. The summed E-state index contributed by atoms with van der Waals surface area (Å²) in [6.07, 6.45) is 0.599. The van der Waals surface area contributed by atoms with Gasteiger partial charge in [0.15, 0.2) is 0 Å². The lowest BCUT2D eigenvalue weighted by atomic mass is 9.98. The van der Waals surface area contributed by atoms with Crippen LogP contribution in [-0.4, -0.2) is 21.3 Å². The molecule has 0 radical (unpaired) electrons. The summed E-state index contributed by atoms with van der Waals surface area (Å²) in [6, 6.07) is 13.9. The number of aliphatic hydroxyl groups is 3. The zero-order valence-corrected chi connectivity index (χ0v) is 9.80. The van der Waals surface area contributed by atoms with Crippen LogP contribution in [0.1, 0.15) is 16.7 Å². The van der Waals surface area contributed by atoms with Crippen LogP contribution in [-0.2, 0) is 12.8 Å². The molecule has 2 aromatic carbocycles. The van der Waals surface area contributed by atoms with Gasteiger partial charge >= 0.3 is 0 Å². The molecule has 0 aromatic heterocycles. The average molecular weight is 242 g/mol. The van der Waals surface area contributed by atoms with E-state index < -0.39 is 5.97 Å². The molecule has 0 saturated heterocycles. The molecule has 1 aliphatic rings. The molecule has 0 unspecified atom stereocenters. The lowest BCUT2D eigenvalue weighted by Crippen LogP contribution is -2.30. The van der Waals surface area contributed by atoms with Crippen LogP contribution in [0, 0.1) is 0 Å². The summed E-state index contributed by atoms with van der Waals surface area (Å²) >= 11 is 0. The molecule has 3 rings (SSSR count). The van der Waals surface area contributed by atoms with Crippen molar-refractivity contribution in [2.75, 3.05) is 0 Å². The fourth-order valence-corrected chi connectivity index (χ4v) is 2.64. The molecule has 0 amide bonds. The molecule has 18 heavy (non-hydrogen) atoms. The fourth-order valence-electron chi connectivity index (χ4n) is 2.64. The van der Waals surface area contributed by atoms with E-state index in [1.54, 1.807) is 0 Å². The number of fused-ring (bicyclic) bond motifs is 3. The van der Waals surface area contributed by atoms with E-state index in [-0.39, 0.29) is 6.42 Å². The van der Waals surface area contributed by atoms with Gasteiger partial charge in [-0.3, -0.25) is 0 Å². The Bertz CT molecular complexity index is 597. The largest absolute Gasteiger partial charge is 0.343 e. The van der Waals surface area contributed by atoms with Gasteiger partial charge in [0.05, 0.1) is 6.42 Å². The molecule has 0 fully saturated rings. The number of hydrogen-bond donors (Lipinski definition) is 3. The Morgan fingerprint density at radius 2 is 1.61 bits per heavy atom. The molecular formula is C15H14O3. The normalized spacial score (nSPS) is 13.3. The highest BCUT2D eigenvalue weighted by Crippen LogP contribution is 2.38. The van der Waals surface area contributed by atoms with Crippen LogP contribution in [0.4, 0.5) is 0 Å². The third kappa shape index (κ3) is 1.93. The van der Waals surface area contributed by atoms with Gasteiger partial charge in [-0.15, -0.1) is 0 Å². The van der Waals surface area contributed by atoms with E-state index in [0.29, 0.717) is 0 Å².